The minimum Gasteiger partial charge on any atom is -0.457 e. The first-order valence-electron chi connectivity index (χ1n) is 7.71. The van der Waals surface area contributed by atoms with Crippen LogP contribution < -0.4 is 5.32 Å². The molecule has 140 valence electrons. The number of esters is 1. The van der Waals surface area contributed by atoms with Crippen molar-refractivity contribution in [1.82, 2.24) is 4.31 Å². The highest BCUT2D eigenvalue weighted by molar-refractivity contribution is 7.89. The van der Waals surface area contributed by atoms with Crippen molar-refractivity contribution in [2.75, 3.05) is 19.4 Å². The molecular formula is C17H20N2O6S. The van der Waals surface area contributed by atoms with Crippen LogP contribution >= 0.6 is 0 Å². The fourth-order valence-corrected chi connectivity index (χ4v) is 2.94. The Balaban J connectivity index is 2.14. The molecule has 1 aromatic carbocycles. The maximum atomic E-state index is 12.3. The number of furan rings is 1. The first kappa shape index (κ1) is 19.7. The van der Waals surface area contributed by atoms with Crippen LogP contribution in [0.3, 0.4) is 0 Å². The zero-order valence-electron chi connectivity index (χ0n) is 14.8. The van der Waals surface area contributed by atoms with Crippen molar-refractivity contribution in [1.29, 1.82) is 0 Å². The van der Waals surface area contributed by atoms with Gasteiger partial charge in [-0.2, -0.15) is 0 Å². The van der Waals surface area contributed by atoms with Crippen LogP contribution in [-0.4, -0.2) is 44.8 Å². The summed E-state index contributed by atoms with van der Waals surface area (Å²) in [7, 11) is -0.796. The molecule has 1 atom stereocenters. The molecule has 8 nitrogen and oxygen atoms in total. The van der Waals surface area contributed by atoms with Crippen LogP contribution in [0.4, 0.5) is 5.69 Å². The molecule has 0 aliphatic heterocycles. The van der Waals surface area contributed by atoms with Gasteiger partial charge in [-0.05, 0) is 43.7 Å². The van der Waals surface area contributed by atoms with Gasteiger partial charge in [0.2, 0.25) is 15.8 Å². The summed E-state index contributed by atoms with van der Waals surface area (Å²) in [4.78, 5) is 24.2. The number of ether oxygens (including phenoxy) is 1. The molecule has 0 bridgehead atoms. The van der Waals surface area contributed by atoms with Crippen LogP contribution in [0.5, 0.6) is 0 Å². The molecule has 0 fully saturated rings. The first-order chi connectivity index (χ1) is 12.1. The summed E-state index contributed by atoms with van der Waals surface area (Å²) in [5.41, 5.74) is 0.986. The van der Waals surface area contributed by atoms with Crippen LogP contribution in [0.15, 0.2) is 45.9 Å². The van der Waals surface area contributed by atoms with Gasteiger partial charge < -0.3 is 14.5 Å². The normalized spacial score (nSPS) is 12.7. The van der Waals surface area contributed by atoms with Gasteiger partial charge in [-0.15, -0.1) is 0 Å². The van der Waals surface area contributed by atoms with E-state index >= 15 is 0 Å². The summed E-state index contributed by atoms with van der Waals surface area (Å²) in [6, 6.07) is 7.36. The molecular weight excluding hydrogens is 360 g/mol. The molecule has 0 unspecified atom stereocenters. The number of hydrogen-bond acceptors (Lipinski definition) is 6. The second-order valence-corrected chi connectivity index (χ2v) is 7.93. The van der Waals surface area contributed by atoms with Crippen LogP contribution in [0.1, 0.15) is 23.0 Å². The van der Waals surface area contributed by atoms with Gasteiger partial charge in [-0.1, -0.05) is 6.07 Å². The number of benzene rings is 1. The quantitative estimate of drug-likeness (QED) is 0.769. The van der Waals surface area contributed by atoms with Gasteiger partial charge in [0.15, 0.2) is 6.10 Å². The summed E-state index contributed by atoms with van der Waals surface area (Å²) in [6.45, 7) is 3.13. The Hall–Kier alpha value is -2.65. The van der Waals surface area contributed by atoms with Crippen LogP contribution in [-0.2, 0) is 19.6 Å². The lowest BCUT2D eigenvalue weighted by Gasteiger charge is -2.16. The molecule has 0 radical (unpaired) electrons. The Kier molecular flexibility index (Phi) is 5.83. The Bertz CT molecular complexity index is 903. The molecule has 1 aromatic heterocycles. The minimum absolute atomic E-state index is 0.0140. The fourth-order valence-electron chi connectivity index (χ4n) is 2.01. The van der Waals surface area contributed by atoms with Crippen LogP contribution in [0, 0.1) is 6.92 Å². The summed E-state index contributed by atoms with van der Waals surface area (Å²) in [5, 5.41) is 2.58. The number of anilines is 1. The van der Waals surface area contributed by atoms with E-state index in [0.29, 0.717) is 11.3 Å². The van der Waals surface area contributed by atoms with Crippen LogP contribution in [0.25, 0.3) is 0 Å². The number of nitrogens with one attached hydrogen (secondary N) is 1. The molecule has 0 spiro atoms. The van der Waals surface area contributed by atoms with Gasteiger partial charge in [0, 0.05) is 19.8 Å². The first-order valence-corrected chi connectivity index (χ1v) is 9.15. The topological polar surface area (TPSA) is 106 Å². The molecule has 1 N–H and O–H groups in total. The smallest absolute Gasteiger partial charge is 0.374 e. The summed E-state index contributed by atoms with van der Waals surface area (Å²) in [5.74, 6) is -1.37. The number of hydrogen-bond donors (Lipinski definition) is 1. The van der Waals surface area contributed by atoms with Gasteiger partial charge in [0.1, 0.15) is 0 Å². The number of sulfonamides is 1. The highest BCUT2D eigenvalue weighted by atomic mass is 32.2. The van der Waals surface area contributed by atoms with Gasteiger partial charge in [-0.3, -0.25) is 4.79 Å². The third-order valence-corrected chi connectivity index (χ3v) is 5.43. The number of carbonyl (C=O) groups is 2. The molecule has 0 saturated heterocycles. The zero-order valence-corrected chi connectivity index (χ0v) is 15.7. The highest BCUT2D eigenvalue weighted by Gasteiger charge is 2.22. The Morgan fingerprint density at radius 2 is 1.92 bits per heavy atom. The van der Waals surface area contributed by atoms with E-state index in [0.717, 1.165) is 4.31 Å². The molecule has 0 aliphatic rings. The Morgan fingerprint density at radius 3 is 2.50 bits per heavy atom. The average Bonchev–Trinajstić information content (AvgIpc) is 3.11. The van der Waals surface area contributed by atoms with E-state index in [1.807, 2.05) is 0 Å². The lowest BCUT2D eigenvalue weighted by atomic mass is 10.2. The third kappa shape index (κ3) is 4.30. The maximum Gasteiger partial charge on any atom is 0.374 e. The van der Waals surface area contributed by atoms with Crippen molar-refractivity contribution in [3.05, 3.63) is 47.9 Å². The monoisotopic (exact) mass is 380 g/mol. The number of amides is 1. The van der Waals surface area contributed by atoms with Gasteiger partial charge >= 0.3 is 5.97 Å². The van der Waals surface area contributed by atoms with Crippen molar-refractivity contribution >= 4 is 27.6 Å². The summed E-state index contributed by atoms with van der Waals surface area (Å²) >= 11 is 0. The highest BCUT2D eigenvalue weighted by Crippen LogP contribution is 2.22. The summed E-state index contributed by atoms with van der Waals surface area (Å²) < 4.78 is 35.5. The molecule has 2 rings (SSSR count). The van der Waals surface area contributed by atoms with Gasteiger partial charge in [0.05, 0.1) is 11.2 Å². The van der Waals surface area contributed by atoms with E-state index in [2.05, 4.69) is 5.32 Å². The fraction of sp³-hybridized carbons (Fsp3) is 0.294. The number of aryl methyl sites for hydroxylation is 1. The lowest BCUT2D eigenvalue weighted by molar-refractivity contribution is -0.123. The van der Waals surface area contributed by atoms with E-state index in [9.17, 15) is 18.0 Å². The number of rotatable bonds is 6. The SMILES string of the molecule is Cc1ccc(S(=O)(=O)N(C)C)cc1NC(=O)[C@H](C)OC(=O)c1ccco1. The van der Waals surface area contributed by atoms with Gasteiger partial charge in [0.25, 0.3) is 5.91 Å². The number of carbonyl (C=O) groups excluding carboxylic acids is 2. The van der Waals surface area contributed by atoms with Crippen LogP contribution in [0.2, 0.25) is 0 Å². The Labute approximate surface area is 151 Å². The largest absolute Gasteiger partial charge is 0.457 e. The molecule has 26 heavy (non-hydrogen) atoms. The second-order valence-electron chi connectivity index (χ2n) is 5.78. The van der Waals surface area contributed by atoms with E-state index < -0.39 is 28.0 Å². The summed E-state index contributed by atoms with van der Waals surface area (Å²) in [6.07, 6.45) is 0.225. The van der Waals surface area contributed by atoms with E-state index in [1.165, 1.54) is 51.5 Å². The average molecular weight is 380 g/mol. The maximum absolute atomic E-state index is 12.3. The number of nitrogens with zero attached hydrogens (tertiary/aromatic N) is 1. The molecule has 1 amide bonds. The molecule has 2 aromatic rings. The van der Waals surface area contributed by atoms with E-state index in [4.69, 9.17) is 9.15 Å². The van der Waals surface area contributed by atoms with Crippen molar-refractivity contribution in [2.45, 2.75) is 24.8 Å². The molecule has 0 aliphatic carbocycles. The molecule has 0 saturated carbocycles. The molecule has 9 heteroatoms. The molecule has 1 heterocycles. The van der Waals surface area contributed by atoms with E-state index in [1.54, 1.807) is 13.0 Å². The predicted octanol–water partition coefficient (Wildman–Crippen LogP) is 2.02. The van der Waals surface area contributed by atoms with Crippen molar-refractivity contribution in [3.8, 4) is 0 Å². The second kappa shape index (κ2) is 7.71. The lowest BCUT2D eigenvalue weighted by Crippen LogP contribution is -2.30. The predicted molar refractivity (Wildman–Crippen MR) is 94.3 cm³/mol. The van der Waals surface area contributed by atoms with E-state index in [-0.39, 0.29) is 10.7 Å². The van der Waals surface area contributed by atoms with Crippen molar-refractivity contribution < 1.29 is 27.2 Å². The standard InChI is InChI=1S/C17H20N2O6S/c1-11-7-8-13(26(22,23)19(3)4)10-14(11)18-16(20)12(2)25-17(21)15-6-5-9-24-15/h5-10,12H,1-4H3,(H,18,20)/t12-/m0/s1. The van der Waals surface area contributed by atoms with Crippen molar-refractivity contribution in [3.63, 3.8) is 0 Å². The minimum atomic E-state index is -3.64. The third-order valence-electron chi connectivity index (χ3n) is 3.62. The Morgan fingerprint density at radius 1 is 1.23 bits per heavy atom. The van der Waals surface area contributed by atoms with Gasteiger partial charge in [-0.25, -0.2) is 17.5 Å². The van der Waals surface area contributed by atoms with Crippen molar-refractivity contribution in [2.24, 2.45) is 0 Å². The zero-order chi connectivity index (χ0) is 19.5.